The Labute approximate surface area is 351 Å². The third-order valence-corrected chi connectivity index (χ3v) is 12.7. The van der Waals surface area contributed by atoms with Crippen LogP contribution >= 0.6 is 0 Å². The van der Waals surface area contributed by atoms with Crippen LogP contribution in [0, 0.1) is 0 Å². The Kier molecular flexibility index (Phi) is 7.31. The average molecular weight is 777 g/mol. The molecule has 13 rings (SSSR count). The molecule has 61 heavy (non-hydrogen) atoms. The van der Waals surface area contributed by atoms with Crippen molar-refractivity contribution < 1.29 is 4.42 Å². The molecule has 2 heterocycles. The quantitative estimate of drug-likeness (QED) is 0.162. The van der Waals surface area contributed by atoms with Crippen LogP contribution in [0.3, 0.4) is 0 Å². The Balaban J connectivity index is 1.03. The summed E-state index contributed by atoms with van der Waals surface area (Å²) in [4.78, 5) is 2.40. The Bertz CT molecular complexity index is 3880. The van der Waals surface area contributed by atoms with Gasteiger partial charge in [0.15, 0.2) is 5.58 Å². The van der Waals surface area contributed by atoms with E-state index in [0.29, 0.717) is 0 Å². The maximum Gasteiger partial charge on any atom is 0.159 e. The summed E-state index contributed by atoms with van der Waals surface area (Å²) in [5.41, 5.74) is 10.8. The second kappa shape index (κ2) is 13.2. The highest BCUT2D eigenvalue weighted by atomic mass is 16.3. The fourth-order valence-electron chi connectivity index (χ4n) is 9.92. The van der Waals surface area contributed by atoms with Crippen LogP contribution in [0.2, 0.25) is 0 Å². The number of aromatic nitrogens is 1. The zero-order chi connectivity index (χ0) is 40.0. The lowest BCUT2D eigenvalue weighted by Gasteiger charge is -2.27. The summed E-state index contributed by atoms with van der Waals surface area (Å²) < 4.78 is 9.45. The van der Waals surface area contributed by atoms with Gasteiger partial charge in [-0.25, -0.2) is 0 Å². The molecule has 0 N–H and O–H groups in total. The summed E-state index contributed by atoms with van der Waals surface area (Å²) in [5.74, 6) is 0. The molecule has 0 saturated carbocycles. The van der Waals surface area contributed by atoms with Crippen molar-refractivity contribution in [2.45, 2.75) is 0 Å². The van der Waals surface area contributed by atoms with Crippen molar-refractivity contribution in [1.29, 1.82) is 0 Å². The molecule has 0 radical (unpaired) electrons. The summed E-state index contributed by atoms with van der Waals surface area (Å²) >= 11 is 0. The van der Waals surface area contributed by atoms with Gasteiger partial charge in [0.05, 0.1) is 22.4 Å². The maximum absolute atomic E-state index is 7.01. The number of fused-ring (bicyclic) bond motifs is 13. The number of para-hydroxylation sites is 2. The van der Waals surface area contributed by atoms with Gasteiger partial charge in [-0.15, -0.1) is 0 Å². The fourth-order valence-corrected chi connectivity index (χ4v) is 9.92. The summed E-state index contributed by atoms with van der Waals surface area (Å²) in [7, 11) is 0. The van der Waals surface area contributed by atoms with Gasteiger partial charge in [-0.1, -0.05) is 170 Å². The highest BCUT2D eigenvalue weighted by Gasteiger charge is 2.23. The van der Waals surface area contributed by atoms with Crippen LogP contribution in [-0.2, 0) is 0 Å². The van der Waals surface area contributed by atoms with Crippen molar-refractivity contribution >= 4 is 104 Å². The Morgan fingerprint density at radius 1 is 0.328 bits per heavy atom. The van der Waals surface area contributed by atoms with E-state index in [4.69, 9.17) is 4.42 Å². The smallest absolute Gasteiger partial charge is 0.159 e. The molecule has 0 aliphatic rings. The Hall–Kier alpha value is -8.14. The van der Waals surface area contributed by atoms with Crippen molar-refractivity contribution in [1.82, 2.24) is 4.57 Å². The van der Waals surface area contributed by atoms with Gasteiger partial charge in [-0.2, -0.15) is 0 Å². The molecule has 0 aliphatic heterocycles. The van der Waals surface area contributed by atoms with Crippen molar-refractivity contribution in [2.24, 2.45) is 0 Å². The summed E-state index contributed by atoms with van der Waals surface area (Å²) in [6.07, 6.45) is 0. The summed E-state index contributed by atoms with van der Waals surface area (Å²) in [6.45, 7) is 0. The highest BCUT2D eigenvalue weighted by molar-refractivity contribution is 6.21. The van der Waals surface area contributed by atoms with Gasteiger partial charge in [0.1, 0.15) is 5.58 Å². The van der Waals surface area contributed by atoms with Gasteiger partial charge >= 0.3 is 0 Å². The maximum atomic E-state index is 7.01. The van der Waals surface area contributed by atoms with Crippen molar-refractivity contribution in [3.63, 3.8) is 0 Å². The SMILES string of the molecule is c1ccc(-n2c3cc(-c4ccc(N(c5cc6ccccc6c6ccccc56)c5cccc6c5oc5c7ccccc7ccc65)cc4)ccc3c3ccc4ccccc4c32)cc1. The van der Waals surface area contributed by atoms with Gasteiger partial charge < -0.3 is 13.9 Å². The van der Waals surface area contributed by atoms with E-state index in [1.807, 2.05) is 0 Å². The molecule has 0 bridgehead atoms. The van der Waals surface area contributed by atoms with Crippen LogP contribution in [0.4, 0.5) is 17.1 Å². The number of furan rings is 1. The van der Waals surface area contributed by atoms with E-state index in [9.17, 15) is 0 Å². The topological polar surface area (TPSA) is 21.3 Å². The standard InChI is InChI=1S/C58H36N2O/c1-2-16-42(17-3-1)60-55-35-40(29-32-49(55)50-33-27-38-13-4-8-19-45(38)56(50)60)37-25-30-43(31-26-37)59(54-36-41-15-6-7-18-44(41)47-21-10-11-22-48(47)54)53-24-12-23-51-52-34-28-39-14-5-9-20-46(39)57(52)61-58(51)53/h1-36H. The van der Waals surface area contributed by atoms with Crippen molar-refractivity contribution in [3.05, 3.63) is 218 Å². The third kappa shape index (κ3) is 5.11. The van der Waals surface area contributed by atoms with Crippen molar-refractivity contribution in [2.75, 3.05) is 4.90 Å². The molecule has 0 fully saturated rings. The number of hydrogen-bond donors (Lipinski definition) is 0. The molecule has 0 aliphatic carbocycles. The normalized spacial score (nSPS) is 11.9. The number of rotatable bonds is 5. The molecular weight excluding hydrogens is 741 g/mol. The minimum Gasteiger partial charge on any atom is -0.453 e. The van der Waals surface area contributed by atoms with E-state index in [0.717, 1.165) is 61.2 Å². The molecule has 3 heteroatoms. The molecule has 0 amide bonds. The van der Waals surface area contributed by atoms with Gasteiger partial charge in [0.2, 0.25) is 0 Å². The molecule has 0 atom stereocenters. The Morgan fingerprint density at radius 2 is 0.918 bits per heavy atom. The lowest BCUT2D eigenvalue weighted by Crippen LogP contribution is -2.11. The minimum atomic E-state index is 0.863. The van der Waals surface area contributed by atoms with Crippen LogP contribution in [0.5, 0.6) is 0 Å². The molecule has 13 aromatic rings. The zero-order valence-electron chi connectivity index (χ0n) is 33.1. The molecule has 0 unspecified atom stereocenters. The van der Waals surface area contributed by atoms with Crippen LogP contribution < -0.4 is 4.90 Å². The second-order valence-electron chi connectivity index (χ2n) is 16.0. The number of benzene rings is 11. The molecule has 0 saturated heterocycles. The molecule has 0 spiro atoms. The number of anilines is 3. The first kappa shape index (κ1) is 33.8. The van der Waals surface area contributed by atoms with E-state index in [-0.39, 0.29) is 0 Å². The van der Waals surface area contributed by atoms with E-state index < -0.39 is 0 Å². The van der Waals surface area contributed by atoms with Crippen LogP contribution in [0.25, 0.3) is 104 Å². The minimum absolute atomic E-state index is 0.863. The third-order valence-electron chi connectivity index (χ3n) is 12.7. The van der Waals surface area contributed by atoms with E-state index in [2.05, 4.69) is 228 Å². The molecule has 2 aromatic heterocycles. The first-order valence-electron chi connectivity index (χ1n) is 20.9. The predicted molar refractivity (Wildman–Crippen MR) is 258 cm³/mol. The van der Waals surface area contributed by atoms with Crippen LogP contribution in [0.15, 0.2) is 223 Å². The van der Waals surface area contributed by atoms with E-state index in [1.165, 1.54) is 59.5 Å². The van der Waals surface area contributed by atoms with Gasteiger partial charge in [0.25, 0.3) is 0 Å². The van der Waals surface area contributed by atoms with Crippen molar-refractivity contribution in [3.8, 4) is 16.8 Å². The molecule has 11 aromatic carbocycles. The lowest BCUT2D eigenvalue weighted by atomic mass is 9.98. The van der Waals surface area contributed by atoms with Gasteiger partial charge in [0, 0.05) is 49.1 Å². The Morgan fingerprint density at radius 3 is 1.72 bits per heavy atom. The molecule has 284 valence electrons. The number of hydrogen-bond acceptors (Lipinski definition) is 2. The van der Waals surface area contributed by atoms with E-state index in [1.54, 1.807) is 0 Å². The van der Waals surface area contributed by atoms with Crippen LogP contribution in [-0.4, -0.2) is 4.57 Å². The number of nitrogens with zero attached hydrogens (tertiary/aromatic N) is 2. The summed E-state index contributed by atoms with van der Waals surface area (Å²) in [5, 5.41) is 14.3. The summed E-state index contributed by atoms with van der Waals surface area (Å²) in [6, 6.07) is 79.2. The van der Waals surface area contributed by atoms with Gasteiger partial charge in [-0.05, 0) is 86.6 Å². The first-order chi connectivity index (χ1) is 30.3. The lowest BCUT2D eigenvalue weighted by molar-refractivity contribution is 0.673. The molecule has 3 nitrogen and oxygen atoms in total. The predicted octanol–water partition coefficient (Wildman–Crippen LogP) is 16.4. The first-order valence-corrected chi connectivity index (χ1v) is 20.9. The van der Waals surface area contributed by atoms with Gasteiger partial charge in [-0.3, -0.25) is 0 Å². The fraction of sp³-hybridized carbons (Fsp3) is 0. The largest absolute Gasteiger partial charge is 0.453 e. The molecular formula is C58H36N2O. The zero-order valence-corrected chi connectivity index (χ0v) is 33.1. The van der Waals surface area contributed by atoms with Crippen LogP contribution in [0.1, 0.15) is 0 Å². The monoisotopic (exact) mass is 776 g/mol. The second-order valence-corrected chi connectivity index (χ2v) is 16.0. The average Bonchev–Trinajstić information content (AvgIpc) is 3.89. The highest BCUT2D eigenvalue weighted by Crippen LogP contribution is 2.47. The van der Waals surface area contributed by atoms with E-state index >= 15 is 0 Å².